The van der Waals surface area contributed by atoms with E-state index in [0.29, 0.717) is 10.00 Å². The molecule has 1 aromatic carbocycles. The summed E-state index contributed by atoms with van der Waals surface area (Å²) in [6.45, 7) is 5.34. The van der Waals surface area contributed by atoms with E-state index in [-0.39, 0.29) is 0 Å². The maximum Gasteiger partial charge on any atom is 0.0296 e. The van der Waals surface area contributed by atoms with Gasteiger partial charge in [0.05, 0.1) is 0 Å². The molecule has 1 aromatic rings. The lowest BCUT2D eigenvalue weighted by Crippen LogP contribution is -2.46. The third-order valence-electron chi connectivity index (χ3n) is 3.37. The van der Waals surface area contributed by atoms with Crippen LogP contribution in [-0.4, -0.2) is 16.5 Å². The number of hydrogen-bond acceptors (Lipinski definition) is 2. The predicted molar refractivity (Wildman–Crippen MR) is 72.9 cm³/mol. The third kappa shape index (κ3) is 2.44. The molecule has 0 amide bonds. The Kier molecular flexibility index (Phi) is 3.60. The van der Waals surface area contributed by atoms with E-state index in [1.165, 1.54) is 18.4 Å². The Balaban J connectivity index is 1.97. The number of nitrogens with two attached hydrogens (primary N) is 1. The van der Waals surface area contributed by atoms with Crippen LogP contribution in [0.3, 0.4) is 0 Å². The molecule has 0 aromatic heterocycles. The quantitative estimate of drug-likeness (QED) is 0.865. The molecule has 1 nitrogen and oxygen atoms in total. The Morgan fingerprint density at radius 3 is 2.44 bits per heavy atom. The van der Waals surface area contributed by atoms with Crippen molar-refractivity contribution in [1.82, 2.24) is 0 Å². The van der Waals surface area contributed by atoms with Crippen molar-refractivity contribution in [1.29, 1.82) is 0 Å². The van der Waals surface area contributed by atoms with Crippen LogP contribution in [0, 0.1) is 0 Å². The maximum absolute atomic E-state index is 5.94. The first-order valence-corrected chi connectivity index (χ1v) is 6.96. The zero-order valence-corrected chi connectivity index (χ0v) is 11.0. The van der Waals surface area contributed by atoms with Crippen LogP contribution in [0.2, 0.25) is 0 Å². The molecule has 2 heteroatoms. The number of hydrogen-bond donors (Lipinski definition) is 1. The van der Waals surface area contributed by atoms with Crippen LogP contribution in [0.1, 0.15) is 38.2 Å². The van der Waals surface area contributed by atoms with Gasteiger partial charge in [-0.05, 0) is 29.6 Å². The van der Waals surface area contributed by atoms with Crippen molar-refractivity contribution in [3.8, 4) is 0 Å². The summed E-state index contributed by atoms with van der Waals surface area (Å²) < 4.78 is 0.356. The monoisotopic (exact) mass is 235 g/mol. The molecule has 16 heavy (non-hydrogen) atoms. The molecule has 0 saturated heterocycles. The summed E-state index contributed by atoms with van der Waals surface area (Å²) in [4.78, 5) is 0. The van der Waals surface area contributed by atoms with Gasteiger partial charge in [-0.3, -0.25) is 0 Å². The fraction of sp³-hybridized carbons (Fsp3) is 0.571. The Hall–Kier alpha value is -0.470. The van der Waals surface area contributed by atoms with Crippen molar-refractivity contribution >= 4 is 11.8 Å². The molecule has 2 rings (SSSR count). The fourth-order valence-electron chi connectivity index (χ4n) is 2.61. The van der Waals surface area contributed by atoms with E-state index in [1.807, 2.05) is 0 Å². The van der Waals surface area contributed by atoms with Crippen LogP contribution >= 0.6 is 11.8 Å². The molecule has 0 unspecified atom stereocenters. The maximum atomic E-state index is 5.94. The molecule has 1 aliphatic carbocycles. The highest BCUT2D eigenvalue weighted by atomic mass is 32.2. The van der Waals surface area contributed by atoms with Gasteiger partial charge in [-0.15, -0.1) is 0 Å². The first kappa shape index (κ1) is 12.0. The SMILES string of the molecule is CC(C)SC1(CN)CC(c2ccccc2)C1. The average Bonchev–Trinajstić information content (AvgIpc) is 2.24. The Labute approximate surface area is 103 Å². The third-order valence-corrected chi connectivity index (χ3v) is 4.84. The molecule has 1 saturated carbocycles. The minimum absolute atomic E-state index is 0.356. The van der Waals surface area contributed by atoms with Gasteiger partial charge in [-0.25, -0.2) is 0 Å². The van der Waals surface area contributed by atoms with Gasteiger partial charge in [0, 0.05) is 11.3 Å². The van der Waals surface area contributed by atoms with Gasteiger partial charge in [0.2, 0.25) is 0 Å². The molecule has 88 valence electrons. The van der Waals surface area contributed by atoms with Gasteiger partial charge in [0.25, 0.3) is 0 Å². The van der Waals surface area contributed by atoms with Gasteiger partial charge in [-0.2, -0.15) is 11.8 Å². The minimum atomic E-state index is 0.356. The van der Waals surface area contributed by atoms with Gasteiger partial charge in [-0.1, -0.05) is 44.2 Å². The second-order valence-corrected chi connectivity index (χ2v) is 7.11. The summed E-state index contributed by atoms with van der Waals surface area (Å²) in [5.41, 5.74) is 7.42. The highest BCUT2D eigenvalue weighted by Crippen LogP contribution is 2.53. The van der Waals surface area contributed by atoms with Crippen LogP contribution in [0.5, 0.6) is 0 Å². The number of rotatable bonds is 4. The second-order valence-electron chi connectivity index (χ2n) is 5.07. The van der Waals surface area contributed by atoms with Crippen LogP contribution < -0.4 is 5.73 Å². The van der Waals surface area contributed by atoms with Crippen molar-refractivity contribution in [2.24, 2.45) is 5.73 Å². The predicted octanol–water partition coefficient (Wildman–Crippen LogP) is 3.40. The highest BCUT2D eigenvalue weighted by Gasteiger charge is 2.44. The molecule has 0 atom stereocenters. The summed E-state index contributed by atoms with van der Waals surface area (Å²) >= 11 is 2.06. The van der Waals surface area contributed by atoms with Gasteiger partial charge >= 0.3 is 0 Å². The minimum Gasteiger partial charge on any atom is -0.329 e. The summed E-state index contributed by atoms with van der Waals surface area (Å²) in [6, 6.07) is 10.8. The molecule has 2 N–H and O–H groups in total. The lowest BCUT2D eigenvalue weighted by Gasteiger charge is -2.48. The average molecular weight is 235 g/mol. The van der Waals surface area contributed by atoms with E-state index in [9.17, 15) is 0 Å². The van der Waals surface area contributed by atoms with E-state index in [1.54, 1.807) is 0 Å². The molecule has 0 heterocycles. The molecule has 0 spiro atoms. The smallest absolute Gasteiger partial charge is 0.0296 e. The topological polar surface area (TPSA) is 26.0 Å². The summed E-state index contributed by atoms with van der Waals surface area (Å²) in [7, 11) is 0. The zero-order chi connectivity index (χ0) is 11.6. The largest absolute Gasteiger partial charge is 0.329 e. The highest BCUT2D eigenvalue weighted by molar-refractivity contribution is 8.01. The van der Waals surface area contributed by atoms with Crippen molar-refractivity contribution in [3.05, 3.63) is 35.9 Å². The van der Waals surface area contributed by atoms with Crippen molar-refractivity contribution in [3.63, 3.8) is 0 Å². The van der Waals surface area contributed by atoms with Crippen LogP contribution in [0.15, 0.2) is 30.3 Å². The van der Waals surface area contributed by atoms with Gasteiger partial charge in [0.15, 0.2) is 0 Å². The van der Waals surface area contributed by atoms with E-state index >= 15 is 0 Å². The van der Waals surface area contributed by atoms with Crippen LogP contribution in [0.25, 0.3) is 0 Å². The zero-order valence-electron chi connectivity index (χ0n) is 10.1. The molecule has 1 fully saturated rings. The normalized spacial score (nSPS) is 29.1. The first-order valence-electron chi connectivity index (χ1n) is 6.08. The van der Waals surface area contributed by atoms with Crippen molar-refractivity contribution < 1.29 is 0 Å². The van der Waals surface area contributed by atoms with Gasteiger partial charge < -0.3 is 5.73 Å². The molecule has 0 bridgehead atoms. The van der Waals surface area contributed by atoms with E-state index in [0.717, 1.165) is 12.5 Å². The van der Waals surface area contributed by atoms with E-state index < -0.39 is 0 Å². The summed E-state index contributed by atoms with van der Waals surface area (Å²) in [6.07, 6.45) is 2.49. The molecule has 1 aliphatic rings. The Bertz CT molecular complexity index is 328. The standard InChI is InChI=1S/C14H21NS/c1-11(2)16-14(10-15)8-13(9-14)12-6-4-3-5-7-12/h3-7,11,13H,8-10,15H2,1-2H3. The molecule has 0 radical (unpaired) electrons. The van der Waals surface area contributed by atoms with Gasteiger partial charge in [0.1, 0.15) is 0 Å². The Morgan fingerprint density at radius 1 is 1.31 bits per heavy atom. The number of benzene rings is 1. The molecular weight excluding hydrogens is 214 g/mol. The lowest BCUT2D eigenvalue weighted by molar-refractivity contribution is 0.312. The van der Waals surface area contributed by atoms with Crippen LogP contribution in [0.4, 0.5) is 0 Å². The summed E-state index contributed by atoms with van der Waals surface area (Å²) in [5, 5.41) is 0.681. The summed E-state index contributed by atoms with van der Waals surface area (Å²) in [5.74, 6) is 0.732. The number of thioether (sulfide) groups is 1. The van der Waals surface area contributed by atoms with E-state index in [4.69, 9.17) is 5.73 Å². The van der Waals surface area contributed by atoms with Crippen LogP contribution in [-0.2, 0) is 0 Å². The Morgan fingerprint density at radius 2 is 1.94 bits per heavy atom. The fourth-order valence-corrected chi connectivity index (χ4v) is 4.30. The van der Waals surface area contributed by atoms with Crippen molar-refractivity contribution in [2.45, 2.75) is 42.6 Å². The lowest BCUT2D eigenvalue weighted by atomic mass is 9.70. The first-order chi connectivity index (χ1) is 7.65. The van der Waals surface area contributed by atoms with E-state index in [2.05, 4.69) is 55.9 Å². The molecule has 0 aliphatic heterocycles. The second kappa shape index (κ2) is 4.80. The van der Waals surface area contributed by atoms with Crippen molar-refractivity contribution in [2.75, 3.05) is 6.54 Å². The molecular formula is C14H21NS.